The molecule has 1 aromatic carbocycles. The Morgan fingerprint density at radius 2 is 2.10 bits per heavy atom. The van der Waals surface area contributed by atoms with Crippen LogP contribution in [0.25, 0.3) is 16.7 Å². The van der Waals surface area contributed by atoms with Crippen molar-refractivity contribution in [3.8, 4) is 0 Å². The van der Waals surface area contributed by atoms with Crippen LogP contribution in [0.15, 0.2) is 30.5 Å². The first-order valence-electron chi connectivity index (χ1n) is 6.64. The van der Waals surface area contributed by atoms with Crippen LogP contribution in [0.1, 0.15) is 27.2 Å². The number of ether oxygens (including phenoxy) is 1. The van der Waals surface area contributed by atoms with Crippen molar-refractivity contribution >= 4 is 16.7 Å². The molecule has 1 unspecified atom stereocenters. The summed E-state index contributed by atoms with van der Waals surface area (Å²) in [5.74, 6) is 0. The monoisotopic (exact) mass is 275 g/mol. The standard InChI is InChI=1S/C15H21N3O2/c1-15(2,3)9-14(19)13(10-20-4)18-12-8-6-5-7-11(12)16-17-18/h5-8,10,14,19H,9H2,1-4H3/b13-10+. The fourth-order valence-corrected chi connectivity index (χ4v) is 2.13. The number of aromatic nitrogens is 3. The molecule has 1 aromatic heterocycles. The van der Waals surface area contributed by atoms with Crippen molar-refractivity contribution in [2.24, 2.45) is 5.41 Å². The van der Waals surface area contributed by atoms with Crippen molar-refractivity contribution in [1.82, 2.24) is 15.0 Å². The first-order chi connectivity index (χ1) is 9.42. The first kappa shape index (κ1) is 14.5. The molecular weight excluding hydrogens is 254 g/mol. The van der Waals surface area contributed by atoms with E-state index in [1.165, 1.54) is 6.26 Å². The highest BCUT2D eigenvalue weighted by Gasteiger charge is 2.23. The van der Waals surface area contributed by atoms with Gasteiger partial charge in [-0.25, -0.2) is 4.68 Å². The molecule has 2 rings (SSSR count). The Morgan fingerprint density at radius 1 is 1.40 bits per heavy atom. The van der Waals surface area contributed by atoms with Crippen molar-refractivity contribution in [3.05, 3.63) is 30.5 Å². The van der Waals surface area contributed by atoms with Crippen molar-refractivity contribution in [2.45, 2.75) is 33.3 Å². The average Bonchev–Trinajstić information content (AvgIpc) is 2.77. The number of hydrogen-bond acceptors (Lipinski definition) is 4. The number of fused-ring (bicyclic) bond motifs is 1. The first-order valence-corrected chi connectivity index (χ1v) is 6.64. The van der Waals surface area contributed by atoms with Crippen molar-refractivity contribution < 1.29 is 9.84 Å². The second-order valence-corrected chi connectivity index (χ2v) is 6.05. The Kier molecular flexibility index (Phi) is 4.09. The molecular formula is C15H21N3O2. The Bertz CT molecular complexity index is 611. The van der Waals surface area contributed by atoms with E-state index in [1.54, 1.807) is 11.8 Å². The number of aliphatic hydroxyl groups excluding tert-OH is 1. The minimum Gasteiger partial charge on any atom is -0.502 e. The molecule has 5 heteroatoms. The Hall–Kier alpha value is -1.88. The Balaban J connectivity index is 2.41. The van der Waals surface area contributed by atoms with Gasteiger partial charge in [0.25, 0.3) is 0 Å². The van der Waals surface area contributed by atoms with Crippen LogP contribution >= 0.6 is 0 Å². The largest absolute Gasteiger partial charge is 0.502 e. The molecule has 0 bridgehead atoms. The quantitative estimate of drug-likeness (QED) is 0.871. The maximum Gasteiger partial charge on any atom is 0.113 e. The van der Waals surface area contributed by atoms with Crippen molar-refractivity contribution in [3.63, 3.8) is 0 Å². The fraction of sp³-hybridized carbons (Fsp3) is 0.467. The van der Waals surface area contributed by atoms with Crippen molar-refractivity contribution in [2.75, 3.05) is 7.11 Å². The van der Waals surface area contributed by atoms with Crippen LogP contribution < -0.4 is 0 Å². The summed E-state index contributed by atoms with van der Waals surface area (Å²) >= 11 is 0. The van der Waals surface area contributed by atoms with Gasteiger partial charge in [-0.1, -0.05) is 38.1 Å². The minimum atomic E-state index is -0.667. The van der Waals surface area contributed by atoms with Crippen LogP contribution in [-0.4, -0.2) is 33.3 Å². The zero-order valence-electron chi connectivity index (χ0n) is 12.4. The van der Waals surface area contributed by atoms with Gasteiger partial charge < -0.3 is 9.84 Å². The molecule has 2 aromatic rings. The molecule has 1 atom stereocenters. The second-order valence-electron chi connectivity index (χ2n) is 6.05. The smallest absolute Gasteiger partial charge is 0.113 e. The van der Waals surface area contributed by atoms with Crippen LogP contribution in [0, 0.1) is 5.41 Å². The fourth-order valence-electron chi connectivity index (χ4n) is 2.13. The number of nitrogens with zero attached hydrogens (tertiary/aromatic N) is 3. The summed E-state index contributed by atoms with van der Waals surface area (Å²) in [6.07, 6.45) is 1.47. The van der Waals surface area contributed by atoms with E-state index in [4.69, 9.17) is 4.74 Å². The average molecular weight is 275 g/mol. The third kappa shape index (κ3) is 3.17. The molecule has 5 nitrogen and oxygen atoms in total. The van der Waals surface area contributed by atoms with Crippen molar-refractivity contribution in [1.29, 1.82) is 0 Å². The zero-order chi connectivity index (χ0) is 14.8. The number of methoxy groups -OCH3 is 1. The van der Waals surface area contributed by atoms with Gasteiger partial charge in [-0.05, 0) is 24.0 Å². The molecule has 0 fully saturated rings. The van der Waals surface area contributed by atoms with E-state index in [1.807, 2.05) is 24.3 Å². The summed E-state index contributed by atoms with van der Waals surface area (Å²) in [4.78, 5) is 0. The molecule has 0 saturated carbocycles. The van der Waals surface area contributed by atoms with Gasteiger partial charge in [0.2, 0.25) is 0 Å². The molecule has 0 aliphatic rings. The summed E-state index contributed by atoms with van der Waals surface area (Å²) in [7, 11) is 1.56. The van der Waals surface area contributed by atoms with Gasteiger partial charge in [0.15, 0.2) is 0 Å². The lowest BCUT2D eigenvalue weighted by Gasteiger charge is -2.23. The van der Waals surface area contributed by atoms with E-state index >= 15 is 0 Å². The molecule has 0 radical (unpaired) electrons. The van der Waals surface area contributed by atoms with E-state index in [2.05, 4.69) is 31.1 Å². The zero-order valence-corrected chi connectivity index (χ0v) is 12.4. The molecule has 0 aliphatic carbocycles. The number of rotatable bonds is 4. The van der Waals surface area contributed by atoms with Crippen LogP contribution in [-0.2, 0) is 4.74 Å². The molecule has 0 saturated heterocycles. The van der Waals surface area contributed by atoms with Gasteiger partial charge in [-0.15, -0.1) is 5.10 Å². The SMILES string of the molecule is CO/C=C(\C(O)CC(C)(C)C)n1nnc2ccccc21. The van der Waals surface area contributed by atoms with Gasteiger partial charge in [0, 0.05) is 0 Å². The number of para-hydroxylation sites is 1. The number of hydrogen-bond donors (Lipinski definition) is 1. The summed E-state index contributed by atoms with van der Waals surface area (Å²) in [5.41, 5.74) is 2.24. The lowest BCUT2D eigenvalue weighted by atomic mass is 9.88. The lowest BCUT2D eigenvalue weighted by molar-refractivity contribution is 0.161. The van der Waals surface area contributed by atoms with Crippen LogP contribution in [0.2, 0.25) is 0 Å². The van der Waals surface area contributed by atoms with Crippen LogP contribution in [0.5, 0.6) is 0 Å². The highest BCUT2D eigenvalue weighted by Crippen LogP contribution is 2.27. The van der Waals surface area contributed by atoms with Gasteiger partial charge >= 0.3 is 0 Å². The van der Waals surface area contributed by atoms with Gasteiger partial charge in [-0.3, -0.25) is 0 Å². The Labute approximate surface area is 118 Å². The lowest BCUT2D eigenvalue weighted by Crippen LogP contribution is -2.22. The molecule has 108 valence electrons. The van der Waals surface area contributed by atoms with E-state index in [0.29, 0.717) is 12.1 Å². The molecule has 0 amide bonds. The van der Waals surface area contributed by atoms with Gasteiger partial charge in [0.1, 0.15) is 17.5 Å². The molecule has 1 heterocycles. The molecule has 20 heavy (non-hydrogen) atoms. The summed E-state index contributed by atoms with van der Waals surface area (Å²) in [6, 6.07) is 7.64. The van der Waals surface area contributed by atoms with Gasteiger partial charge in [-0.2, -0.15) is 0 Å². The van der Waals surface area contributed by atoms with Gasteiger partial charge in [0.05, 0.1) is 18.7 Å². The maximum atomic E-state index is 10.5. The van der Waals surface area contributed by atoms with Crippen LogP contribution in [0.4, 0.5) is 0 Å². The molecule has 1 N–H and O–H groups in total. The third-order valence-electron chi connectivity index (χ3n) is 2.98. The predicted octanol–water partition coefficient (Wildman–Crippen LogP) is 2.67. The molecule has 0 aliphatic heterocycles. The van der Waals surface area contributed by atoms with E-state index < -0.39 is 6.10 Å². The highest BCUT2D eigenvalue weighted by molar-refractivity contribution is 5.77. The van der Waals surface area contributed by atoms with Crippen LogP contribution in [0.3, 0.4) is 0 Å². The highest BCUT2D eigenvalue weighted by atomic mass is 16.5. The van der Waals surface area contributed by atoms with E-state index in [-0.39, 0.29) is 5.41 Å². The summed E-state index contributed by atoms with van der Waals surface area (Å²) < 4.78 is 6.74. The maximum absolute atomic E-state index is 10.5. The molecule has 0 spiro atoms. The normalized spacial score (nSPS) is 14.6. The second kappa shape index (κ2) is 5.63. The number of benzene rings is 1. The predicted molar refractivity (Wildman–Crippen MR) is 78.9 cm³/mol. The van der Waals surface area contributed by atoms with E-state index in [9.17, 15) is 5.11 Å². The summed E-state index contributed by atoms with van der Waals surface area (Å²) in [6.45, 7) is 6.25. The van der Waals surface area contributed by atoms with E-state index in [0.717, 1.165) is 11.0 Å². The third-order valence-corrected chi connectivity index (χ3v) is 2.98. The topological polar surface area (TPSA) is 60.2 Å². The minimum absolute atomic E-state index is 0.00261. The Morgan fingerprint density at radius 3 is 2.75 bits per heavy atom. The number of aliphatic hydroxyl groups is 1. The summed E-state index contributed by atoms with van der Waals surface area (Å²) in [5, 5.41) is 18.7.